The summed E-state index contributed by atoms with van der Waals surface area (Å²) in [6.07, 6.45) is 2.97. The minimum Gasteiger partial charge on any atom is -0.493 e. The molecule has 0 fully saturated rings. The van der Waals surface area contributed by atoms with Gasteiger partial charge in [0, 0.05) is 17.0 Å². The molecule has 176 valence electrons. The Bertz CT molecular complexity index is 1340. The van der Waals surface area contributed by atoms with Gasteiger partial charge in [-0.25, -0.2) is 19.4 Å². The minimum absolute atomic E-state index is 0.203. The zero-order valence-corrected chi connectivity index (χ0v) is 19.5. The molecule has 2 aromatic heterocycles. The molecular formula is C24H24N4O6. The van der Waals surface area contributed by atoms with E-state index in [1.54, 1.807) is 63.7 Å². The van der Waals surface area contributed by atoms with E-state index in [0.717, 1.165) is 0 Å². The lowest BCUT2D eigenvalue weighted by Gasteiger charge is -2.19. The summed E-state index contributed by atoms with van der Waals surface area (Å²) in [5.74, 6) is 1.55. The normalized spacial score (nSPS) is 10.7. The summed E-state index contributed by atoms with van der Waals surface area (Å²) in [7, 11) is 7.55. The Labute approximate surface area is 196 Å². The van der Waals surface area contributed by atoms with E-state index in [1.165, 1.54) is 13.4 Å². The molecule has 0 aliphatic rings. The third-order valence-electron chi connectivity index (χ3n) is 5.41. The maximum atomic E-state index is 13.1. The number of esters is 1. The fourth-order valence-corrected chi connectivity index (χ4v) is 3.84. The van der Waals surface area contributed by atoms with Crippen LogP contribution in [-0.2, 0) is 11.3 Å². The van der Waals surface area contributed by atoms with Gasteiger partial charge in [-0.05, 0) is 23.8 Å². The maximum Gasteiger partial charge on any atom is 0.340 e. The average molecular weight is 464 g/mol. The highest BCUT2D eigenvalue weighted by molar-refractivity contribution is 6.08. The summed E-state index contributed by atoms with van der Waals surface area (Å²) in [6.45, 7) is 0.203. The quantitative estimate of drug-likeness (QED) is 0.363. The SMILES string of the molecule is COC(=O)c1c(Cn2cncn2)nc2cc(OC)c(OC)cc2c1-c1ccc(OC)c(OC)c1. The zero-order chi connectivity index (χ0) is 24.2. The van der Waals surface area contributed by atoms with Gasteiger partial charge < -0.3 is 23.7 Å². The Hall–Kier alpha value is -4.34. The van der Waals surface area contributed by atoms with Crippen molar-refractivity contribution in [2.75, 3.05) is 35.5 Å². The average Bonchev–Trinajstić information content (AvgIpc) is 3.39. The number of ether oxygens (including phenoxy) is 5. The number of pyridine rings is 1. The van der Waals surface area contributed by atoms with E-state index in [0.29, 0.717) is 56.3 Å². The number of hydrogen-bond donors (Lipinski definition) is 0. The summed E-state index contributed by atoms with van der Waals surface area (Å²) in [4.78, 5) is 21.9. The maximum absolute atomic E-state index is 13.1. The molecule has 0 saturated carbocycles. The fraction of sp³-hybridized carbons (Fsp3) is 0.250. The molecule has 0 amide bonds. The third kappa shape index (κ3) is 4.05. The van der Waals surface area contributed by atoms with E-state index in [2.05, 4.69) is 10.1 Å². The first-order valence-electron chi connectivity index (χ1n) is 10.3. The Morgan fingerprint density at radius 1 is 0.882 bits per heavy atom. The molecule has 2 aromatic carbocycles. The molecule has 4 aromatic rings. The predicted molar refractivity (Wildman–Crippen MR) is 124 cm³/mol. The van der Waals surface area contributed by atoms with Crippen molar-refractivity contribution >= 4 is 16.9 Å². The van der Waals surface area contributed by atoms with Gasteiger partial charge in [-0.15, -0.1) is 0 Å². The third-order valence-corrected chi connectivity index (χ3v) is 5.41. The molecule has 0 N–H and O–H groups in total. The zero-order valence-electron chi connectivity index (χ0n) is 19.5. The first-order valence-corrected chi connectivity index (χ1v) is 10.3. The number of carbonyl (C=O) groups excluding carboxylic acids is 1. The van der Waals surface area contributed by atoms with Crippen LogP contribution in [-0.4, -0.2) is 61.3 Å². The number of benzene rings is 2. The van der Waals surface area contributed by atoms with Gasteiger partial charge in [0.2, 0.25) is 0 Å². The topological polar surface area (TPSA) is 107 Å². The molecule has 2 heterocycles. The van der Waals surface area contributed by atoms with Crippen LogP contribution in [0.15, 0.2) is 43.0 Å². The summed E-state index contributed by atoms with van der Waals surface area (Å²) in [6, 6.07) is 8.98. The second kappa shape index (κ2) is 9.65. The Morgan fingerprint density at radius 3 is 2.18 bits per heavy atom. The van der Waals surface area contributed by atoms with Crippen LogP contribution in [0, 0.1) is 0 Å². The van der Waals surface area contributed by atoms with Crippen LogP contribution < -0.4 is 18.9 Å². The van der Waals surface area contributed by atoms with Gasteiger partial charge >= 0.3 is 5.97 Å². The van der Waals surface area contributed by atoms with Crippen LogP contribution in [0.3, 0.4) is 0 Å². The summed E-state index contributed by atoms with van der Waals surface area (Å²) >= 11 is 0. The van der Waals surface area contributed by atoms with Crippen molar-refractivity contribution < 1.29 is 28.5 Å². The van der Waals surface area contributed by atoms with Gasteiger partial charge in [0.1, 0.15) is 12.7 Å². The molecule has 0 bridgehead atoms. The summed E-state index contributed by atoms with van der Waals surface area (Å²) in [5.41, 5.74) is 2.67. The van der Waals surface area contributed by atoms with E-state index in [4.69, 9.17) is 28.7 Å². The number of rotatable bonds is 8. The highest BCUT2D eigenvalue weighted by Crippen LogP contribution is 2.41. The molecular weight excluding hydrogens is 440 g/mol. The van der Waals surface area contributed by atoms with Crippen molar-refractivity contribution in [2.45, 2.75) is 6.54 Å². The number of aromatic nitrogens is 4. The van der Waals surface area contributed by atoms with E-state index >= 15 is 0 Å². The fourth-order valence-electron chi connectivity index (χ4n) is 3.84. The van der Waals surface area contributed by atoms with Crippen LogP contribution in [0.2, 0.25) is 0 Å². The molecule has 10 nitrogen and oxygen atoms in total. The lowest BCUT2D eigenvalue weighted by molar-refractivity contribution is 0.0600. The van der Waals surface area contributed by atoms with Crippen molar-refractivity contribution in [1.82, 2.24) is 19.7 Å². The molecule has 0 radical (unpaired) electrons. The second-order valence-electron chi connectivity index (χ2n) is 7.19. The number of nitrogens with zero attached hydrogens (tertiary/aromatic N) is 4. The molecule has 0 atom stereocenters. The first-order chi connectivity index (χ1) is 16.5. The summed E-state index contributed by atoms with van der Waals surface area (Å²) in [5, 5.41) is 4.84. The van der Waals surface area contributed by atoms with E-state index in [-0.39, 0.29) is 6.54 Å². The second-order valence-corrected chi connectivity index (χ2v) is 7.19. The van der Waals surface area contributed by atoms with Crippen LogP contribution in [0.5, 0.6) is 23.0 Å². The monoisotopic (exact) mass is 464 g/mol. The van der Waals surface area contributed by atoms with Crippen LogP contribution >= 0.6 is 0 Å². The van der Waals surface area contributed by atoms with Crippen molar-refractivity contribution in [1.29, 1.82) is 0 Å². The molecule has 10 heteroatoms. The van der Waals surface area contributed by atoms with Gasteiger partial charge in [0.05, 0.1) is 58.9 Å². The smallest absolute Gasteiger partial charge is 0.340 e. The minimum atomic E-state index is -0.538. The van der Waals surface area contributed by atoms with Crippen molar-refractivity contribution in [3.05, 3.63) is 54.2 Å². The van der Waals surface area contributed by atoms with Gasteiger partial charge in [-0.2, -0.15) is 5.10 Å². The number of hydrogen-bond acceptors (Lipinski definition) is 9. The van der Waals surface area contributed by atoms with E-state index in [9.17, 15) is 4.79 Å². The summed E-state index contributed by atoms with van der Waals surface area (Å²) < 4.78 is 28.7. The number of fused-ring (bicyclic) bond motifs is 1. The predicted octanol–water partition coefficient (Wildman–Crippen LogP) is 3.36. The molecule has 4 rings (SSSR count). The Morgan fingerprint density at radius 2 is 1.56 bits per heavy atom. The van der Waals surface area contributed by atoms with Gasteiger partial charge in [0.15, 0.2) is 23.0 Å². The van der Waals surface area contributed by atoms with Crippen molar-refractivity contribution in [2.24, 2.45) is 0 Å². The number of carbonyl (C=O) groups is 1. The Balaban J connectivity index is 2.12. The van der Waals surface area contributed by atoms with E-state index < -0.39 is 5.97 Å². The highest BCUT2D eigenvalue weighted by atomic mass is 16.5. The lowest BCUT2D eigenvalue weighted by Crippen LogP contribution is -2.14. The number of methoxy groups -OCH3 is 5. The van der Waals surface area contributed by atoms with Crippen molar-refractivity contribution in [3.8, 4) is 34.1 Å². The van der Waals surface area contributed by atoms with Crippen LogP contribution in [0.25, 0.3) is 22.0 Å². The van der Waals surface area contributed by atoms with Gasteiger partial charge in [-0.3, -0.25) is 0 Å². The standard InChI is InChI=1S/C24H24N4O6/c1-30-18-7-6-14(8-19(18)31-2)22-15-9-20(32-3)21(33-4)10-16(15)27-17(23(22)24(29)34-5)11-28-13-25-12-26-28/h6-10,12-13H,11H2,1-5H3. The van der Waals surface area contributed by atoms with Gasteiger partial charge in [-0.1, -0.05) is 6.07 Å². The van der Waals surface area contributed by atoms with Gasteiger partial charge in [0.25, 0.3) is 0 Å². The highest BCUT2D eigenvalue weighted by Gasteiger charge is 2.25. The van der Waals surface area contributed by atoms with Crippen LogP contribution in [0.4, 0.5) is 0 Å². The largest absolute Gasteiger partial charge is 0.493 e. The molecule has 34 heavy (non-hydrogen) atoms. The van der Waals surface area contributed by atoms with Crippen LogP contribution in [0.1, 0.15) is 16.1 Å². The lowest BCUT2D eigenvalue weighted by atomic mass is 9.93. The van der Waals surface area contributed by atoms with Crippen molar-refractivity contribution in [3.63, 3.8) is 0 Å². The molecule has 0 spiro atoms. The first kappa shape index (κ1) is 22.8. The molecule has 0 saturated heterocycles. The molecule has 0 aliphatic heterocycles. The Kier molecular flexibility index (Phi) is 6.48. The molecule has 0 unspecified atom stereocenters. The molecule has 0 aliphatic carbocycles. The van der Waals surface area contributed by atoms with E-state index in [1.807, 2.05) is 6.07 Å².